The lowest BCUT2D eigenvalue weighted by atomic mass is 10.2. The van der Waals surface area contributed by atoms with Gasteiger partial charge in [0.1, 0.15) is 0 Å². The fourth-order valence-corrected chi connectivity index (χ4v) is 4.29. The Balaban J connectivity index is 2.18. The van der Waals surface area contributed by atoms with Crippen LogP contribution < -0.4 is 5.14 Å². The fourth-order valence-electron chi connectivity index (χ4n) is 2.09. The molecule has 0 aromatic heterocycles. The fraction of sp³-hybridized carbons (Fsp3) is 0.455. The van der Waals surface area contributed by atoms with Crippen LogP contribution in [0, 0.1) is 6.92 Å². The van der Waals surface area contributed by atoms with Gasteiger partial charge in [0, 0.05) is 26.2 Å². The zero-order chi connectivity index (χ0) is 15.0. The molecule has 112 valence electrons. The summed E-state index contributed by atoms with van der Waals surface area (Å²) in [5, 5.41) is 5.03. The summed E-state index contributed by atoms with van der Waals surface area (Å²) < 4.78 is 49.6. The molecule has 0 bridgehead atoms. The van der Waals surface area contributed by atoms with E-state index in [0.29, 0.717) is 0 Å². The summed E-state index contributed by atoms with van der Waals surface area (Å²) in [6.45, 7) is 2.17. The van der Waals surface area contributed by atoms with Crippen LogP contribution >= 0.6 is 0 Å². The highest BCUT2D eigenvalue weighted by atomic mass is 32.2. The van der Waals surface area contributed by atoms with Crippen molar-refractivity contribution >= 4 is 20.2 Å². The standard InChI is InChI=1S/C11H17N3O4S2/c1-10-3-2-4-11(9-10)19(15,16)13-5-7-14(8-6-13)20(12,17)18/h2-4,9H,5-8H2,1H3,(H2,12,17,18). The third-order valence-electron chi connectivity index (χ3n) is 3.18. The minimum atomic E-state index is -3.75. The molecule has 0 amide bonds. The Bertz CT molecular complexity index is 692. The van der Waals surface area contributed by atoms with Crippen LogP contribution in [0.2, 0.25) is 0 Å². The van der Waals surface area contributed by atoms with E-state index in [4.69, 9.17) is 5.14 Å². The summed E-state index contributed by atoms with van der Waals surface area (Å²) in [5.41, 5.74) is 0.856. The van der Waals surface area contributed by atoms with Gasteiger partial charge in [-0.1, -0.05) is 12.1 Å². The zero-order valence-corrected chi connectivity index (χ0v) is 12.7. The maximum atomic E-state index is 12.4. The van der Waals surface area contributed by atoms with Crippen LogP contribution in [0.15, 0.2) is 29.2 Å². The van der Waals surface area contributed by atoms with Crippen molar-refractivity contribution in [3.05, 3.63) is 29.8 Å². The molecule has 9 heteroatoms. The lowest BCUT2D eigenvalue weighted by Gasteiger charge is -2.32. The van der Waals surface area contributed by atoms with Crippen LogP contribution in [0.3, 0.4) is 0 Å². The van der Waals surface area contributed by atoms with E-state index in [-0.39, 0.29) is 31.1 Å². The van der Waals surface area contributed by atoms with Gasteiger partial charge in [-0.05, 0) is 24.6 Å². The molecule has 20 heavy (non-hydrogen) atoms. The highest BCUT2D eigenvalue weighted by molar-refractivity contribution is 7.89. The van der Waals surface area contributed by atoms with Gasteiger partial charge < -0.3 is 0 Å². The predicted octanol–water partition coefficient (Wildman–Crippen LogP) is -0.495. The predicted molar refractivity (Wildman–Crippen MR) is 74.6 cm³/mol. The number of benzene rings is 1. The van der Waals surface area contributed by atoms with Crippen molar-refractivity contribution in [2.45, 2.75) is 11.8 Å². The van der Waals surface area contributed by atoms with Gasteiger partial charge in [0.05, 0.1) is 4.90 Å². The van der Waals surface area contributed by atoms with Crippen molar-refractivity contribution in [2.24, 2.45) is 5.14 Å². The first-order valence-corrected chi connectivity index (χ1v) is 9.00. The van der Waals surface area contributed by atoms with Crippen LogP contribution in [0.4, 0.5) is 0 Å². The smallest absolute Gasteiger partial charge is 0.216 e. The van der Waals surface area contributed by atoms with E-state index >= 15 is 0 Å². The highest BCUT2D eigenvalue weighted by Gasteiger charge is 2.31. The molecular formula is C11H17N3O4S2. The largest absolute Gasteiger partial charge is 0.276 e. The topological polar surface area (TPSA) is 101 Å². The number of aryl methyl sites for hydroxylation is 1. The van der Waals surface area contributed by atoms with E-state index in [1.807, 2.05) is 13.0 Å². The average Bonchev–Trinajstić information content (AvgIpc) is 2.38. The van der Waals surface area contributed by atoms with Crippen LogP contribution in [0.5, 0.6) is 0 Å². The first-order valence-electron chi connectivity index (χ1n) is 6.06. The van der Waals surface area contributed by atoms with E-state index < -0.39 is 20.2 Å². The number of piperazine rings is 1. The zero-order valence-electron chi connectivity index (χ0n) is 11.1. The van der Waals surface area contributed by atoms with Gasteiger partial charge in [-0.25, -0.2) is 13.6 Å². The van der Waals surface area contributed by atoms with Crippen molar-refractivity contribution in [1.29, 1.82) is 0 Å². The minimum Gasteiger partial charge on any atom is -0.216 e. The highest BCUT2D eigenvalue weighted by Crippen LogP contribution is 2.19. The van der Waals surface area contributed by atoms with Gasteiger partial charge in [-0.15, -0.1) is 0 Å². The van der Waals surface area contributed by atoms with Crippen molar-refractivity contribution in [3.63, 3.8) is 0 Å². The third-order valence-corrected chi connectivity index (χ3v) is 6.16. The van der Waals surface area contributed by atoms with Gasteiger partial charge in [-0.3, -0.25) is 0 Å². The van der Waals surface area contributed by atoms with Crippen LogP contribution in [-0.2, 0) is 20.2 Å². The molecule has 0 aliphatic carbocycles. The molecule has 1 aliphatic rings. The second kappa shape index (κ2) is 5.41. The Morgan fingerprint density at radius 2 is 1.55 bits per heavy atom. The quantitative estimate of drug-likeness (QED) is 0.812. The minimum absolute atomic E-state index is 0.0733. The van der Waals surface area contributed by atoms with Gasteiger partial charge in [0.25, 0.3) is 10.2 Å². The van der Waals surface area contributed by atoms with Gasteiger partial charge >= 0.3 is 0 Å². The van der Waals surface area contributed by atoms with E-state index in [1.54, 1.807) is 12.1 Å². The number of nitrogens with two attached hydrogens (primary N) is 1. The molecule has 1 heterocycles. The van der Waals surface area contributed by atoms with Crippen molar-refractivity contribution in [2.75, 3.05) is 26.2 Å². The van der Waals surface area contributed by atoms with Crippen LogP contribution in [0.1, 0.15) is 5.56 Å². The Kier molecular flexibility index (Phi) is 4.17. The molecule has 1 saturated heterocycles. The Morgan fingerprint density at radius 3 is 2.05 bits per heavy atom. The first-order chi connectivity index (χ1) is 9.21. The SMILES string of the molecule is Cc1cccc(S(=O)(=O)N2CCN(S(N)(=O)=O)CC2)c1. The summed E-state index contributed by atoms with van der Waals surface area (Å²) in [4.78, 5) is 0.224. The molecule has 0 atom stereocenters. The number of rotatable bonds is 3. The molecule has 0 saturated carbocycles. The molecule has 0 unspecified atom stereocenters. The summed E-state index contributed by atoms with van der Waals surface area (Å²) in [6.07, 6.45) is 0. The van der Waals surface area contributed by atoms with E-state index in [2.05, 4.69) is 0 Å². The van der Waals surface area contributed by atoms with Crippen molar-refractivity contribution < 1.29 is 16.8 Å². The van der Waals surface area contributed by atoms with E-state index in [1.165, 1.54) is 10.4 Å². The van der Waals surface area contributed by atoms with Crippen molar-refractivity contribution in [3.8, 4) is 0 Å². The molecule has 1 fully saturated rings. The first kappa shape index (κ1) is 15.4. The van der Waals surface area contributed by atoms with Gasteiger partial charge in [0.15, 0.2) is 0 Å². The van der Waals surface area contributed by atoms with Crippen molar-refractivity contribution in [1.82, 2.24) is 8.61 Å². The molecular weight excluding hydrogens is 302 g/mol. The van der Waals surface area contributed by atoms with E-state index in [0.717, 1.165) is 9.87 Å². The Hall–Kier alpha value is -1.00. The number of sulfonamides is 1. The van der Waals surface area contributed by atoms with Gasteiger partial charge in [-0.2, -0.15) is 17.0 Å². The maximum Gasteiger partial charge on any atom is 0.276 e. The third kappa shape index (κ3) is 3.18. The second-order valence-corrected chi connectivity index (χ2v) is 8.15. The average molecular weight is 319 g/mol. The lowest BCUT2D eigenvalue weighted by molar-refractivity contribution is 0.273. The molecule has 1 aliphatic heterocycles. The number of nitrogens with zero attached hydrogens (tertiary/aromatic N) is 2. The summed E-state index contributed by atoms with van der Waals surface area (Å²) in [5.74, 6) is 0. The van der Waals surface area contributed by atoms with Crippen LogP contribution in [-0.4, -0.2) is 51.6 Å². The molecule has 2 rings (SSSR count). The molecule has 2 N–H and O–H groups in total. The van der Waals surface area contributed by atoms with Gasteiger partial charge in [0.2, 0.25) is 10.0 Å². The van der Waals surface area contributed by atoms with Crippen LogP contribution in [0.25, 0.3) is 0 Å². The Labute approximate surface area is 119 Å². The monoisotopic (exact) mass is 319 g/mol. The summed E-state index contributed by atoms with van der Waals surface area (Å²) in [6, 6.07) is 6.64. The Morgan fingerprint density at radius 1 is 1.00 bits per heavy atom. The summed E-state index contributed by atoms with van der Waals surface area (Å²) >= 11 is 0. The molecule has 1 aromatic rings. The lowest BCUT2D eigenvalue weighted by Crippen LogP contribution is -2.52. The molecule has 1 aromatic carbocycles. The number of hydrogen-bond donors (Lipinski definition) is 1. The molecule has 7 nitrogen and oxygen atoms in total. The maximum absolute atomic E-state index is 12.4. The second-order valence-electron chi connectivity index (χ2n) is 4.66. The summed E-state index contributed by atoms with van der Waals surface area (Å²) in [7, 11) is -7.34. The van der Waals surface area contributed by atoms with E-state index in [9.17, 15) is 16.8 Å². The normalized spacial score (nSPS) is 19.1. The molecule has 0 radical (unpaired) electrons. The molecule has 0 spiro atoms. The number of hydrogen-bond acceptors (Lipinski definition) is 4.